The van der Waals surface area contributed by atoms with Crippen molar-refractivity contribution in [2.75, 3.05) is 0 Å². The maximum absolute atomic E-state index is 10.2. The highest BCUT2D eigenvalue weighted by molar-refractivity contribution is 7.11. The third kappa shape index (κ3) is 1.64. The normalized spacial score (nSPS) is 9.70. The molecule has 0 aliphatic heterocycles. The van der Waals surface area contributed by atoms with Gasteiger partial charge in [0.05, 0.1) is 5.69 Å². The highest BCUT2D eigenvalue weighted by atomic mass is 32.1. The molecule has 0 aliphatic carbocycles. The van der Waals surface area contributed by atoms with Crippen LogP contribution in [0.4, 0.5) is 0 Å². The van der Waals surface area contributed by atoms with Crippen molar-refractivity contribution in [3.8, 4) is 0 Å². The zero-order valence-electron chi connectivity index (χ0n) is 5.83. The van der Waals surface area contributed by atoms with E-state index >= 15 is 0 Å². The van der Waals surface area contributed by atoms with E-state index in [1.165, 1.54) is 11.3 Å². The van der Waals surface area contributed by atoms with Gasteiger partial charge in [0, 0.05) is 5.38 Å². The lowest BCUT2D eigenvalue weighted by atomic mass is 10.3. The molecule has 1 aromatic heterocycles. The Hall–Kier alpha value is -0.700. The lowest BCUT2D eigenvalue weighted by molar-refractivity contribution is 0.112. The molecule has 0 unspecified atom stereocenters. The van der Waals surface area contributed by atoms with E-state index in [1.54, 1.807) is 0 Å². The molecule has 0 saturated heterocycles. The molecule has 2 nitrogen and oxygen atoms in total. The second-order valence-electron chi connectivity index (χ2n) is 2.04. The van der Waals surface area contributed by atoms with Crippen LogP contribution in [-0.2, 0) is 6.42 Å². The summed E-state index contributed by atoms with van der Waals surface area (Å²) in [6.45, 7) is 2.10. The summed E-state index contributed by atoms with van der Waals surface area (Å²) in [6, 6.07) is 0. The largest absolute Gasteiger partial charge is 0.295 e. The molecule has 0 amide bonds. The lowest BCUT2D eigenvalue weighted by Gasteiger charge is -1.85. The Kier molecular flexibility index (Phi) is 2.57. The first kappa shape index (κ1) is 7.41. The Labute approximate surface area is 63.9 Å². The molecule has 0 bridgehead atoms. The minimum absolute atomic E-state index is 0.587. The van der Waals surface area contributed by atoms with Crippen molar-refractivity contribution in [1.82, 2.24) is 4.98 Å². The topological polar surface area (TPSA) is 30.0 Å². The van der Waals surface area contributed by atoms with Crippen LogP contribution in [0, 0.1) is 0 Å². The molecule has 0 radical (unpaired) electrons. The van der Waals surface area contributed by atoms with E-state index in [0.29, 0.717) is 5.01 Å². The molecule has 54 valence electrons. The number of carbonyl (C=O) groups excluding carboxylic acids is 1. The molecule has 0 spiro atoms. The smallest absolute Gasteiger partial charge is 0.178 e. The minimum Gasteiger partial charge on any atom is -0.295 e. The molecular formula is C7H9NOS. The zero-order chi connectivity index (χ0) is 7.40. The fraction of sp³-hybridized carbons (Fsp3) is 0.429. The van der Waals surface area contributed by atoms with Gasteiger partial charge in [0.15, 0.2) is 11.3 Å². The summed E-state index contributed by atoms with van der Waals surface area (Å²) < 4.78 is 0. The maximum atomic E-state index is 10.2. The van der Waals surface area contributed by atoms with Crippen LogP contribution < -0.4 is 0 Å². The van der Waals surface area contributed by atoms with Crippen LogP contribution in [0.25, 0.3) is 0 Å². The van der Waals surface area contributed by atoms with Gasteiger partial charge in [-0.15, -0.1) is 11.3 Å². The van der Waals surface area contributed by atoms with Crippen molar-refractivity contribution in [2.45, 2.75) is 19.8 Å². The molecular weight excluding hydrogens is 146 g/mol. The van der Waals surface area contributed by atoms with E-state index in [0.717, 1.165) is 24.8 Å². The van der Waals surface area contributed by atoms with Crippen LogP contribution in [-0.4, -0.2) is 11.3 Å². The van der Waals surface area contributed by atoms with Gasteiger partial charge in [-0.2, -0.15) is 0 Å². The van der Waals surface area contributed by atoms with E-state index in [1.807, 2.05) is 5.38 Å². The highest BCUT2D eigenvalue weighted by Gasteiger charge is 1.97. The van der Waals surface area contributed by atoms with E-state index in [4.69, 9.17) is 0 Å². The first-order valence-electron chi connectivity index (χ1n) is 3.26. The number of thiazole rings is 1. The first-order valence-corrected chi connectivity index (χ1v) is 4.14. The molecule has 10 heavy (non-hydrogen) atoms. The first-order chi connectivity index (χ1) is 4.86. The molecule has 0 aromatic carbocycles. The fourth-order valence-corrected chi connectivity index (χ4v) is 1.40. The molecule has 1 aromatic rings. The SMILES string of the molecule is CCCc1csc(C=O)n1. The standard InChI is InChI=1S/C7H9NOS/c1-2-3-6-5-10-7(4-9)8-6/h4-5H,2-3H2,1H3. The zero-order valence-corrected chi connectivity index (χ0v) is 6.65. The van der Waals surface area contributed by atoms with Crippen molar-refractivity contribution < 1.29 is 4.79 Å². The van der Waals surface area contributed by atoms with Crippen molar-refractivity contribution in [3.63, 3.8) is 0 Å². The van der Waals surface area contributed by atoms with Crippen molar-refractivity contribution in [3.05, 3.63) is 16.1 Å². The van der Waals surface area contributed by atoms with Gasteiger partial charge in [0.25, 0.3) is 0 Å². The number of hydrogen-bond acceptors (Lipinski definition) is 3. The summed E-state index contributed by atoms with van der Waals surface area (Å²) in [6.07, 6.45) is 2.86. The quantitative estimate of drug-likeness (QED) is 0.624. The van der Waals surface area contributed by atoms with Gasteiger partial charge in [0.1, 0.15) is 0 Å². The fourth-order valence-electron chi connectivity index (χ4n) is 0.748. The average Bonchev–Trinajstić information content (AvgIpc) is 2.37. The Morgan fingerprint density at radius 3 is 3.10 bits per heavy atom. The number of rotatable bonds is 3. The van der Waals surface area contributed by atoms with Gasteiger partial charge in [-0.05, 0) is 6.42 Å². The Morgan fingerprint density at radius 2 is 2.60 bits per heavy atom. The van der Waals surface area contributed by atoms with Crippen LogP contribution in [0.15, 0.2) is 5.38 Å². The van der Waals surface area contributed by atoms with E-state index in [2.05, 4.69) is 11.9 Å². The predicted octanol–water partition coefficient (Wildman–Crippen LogP) is 1.91. The number of carbonyl (C=O) groups is 1. The maximum Gasteiger partial charge on any atom is 0.178 e. The third-order valence-corrected chi connectivity index (χ3v) is 2.00. The number of nitrogens with zero attached hydrogens (tertiary/aromatic N) is 1. The molecule has 0 aliphatic rings. The summed E-state index contributed by atoms with van der Waals surface area (Å²) >= 11 is 1.41. The van der Waals surface area contributed by atoms with E-state index in [9.17, 15) is 4.79 Å². The van der Waals surface area contributed by atoms with Crippen molar-refractivity contribution >= 4 is 17.6 Å². The number of aryl methyl sites for hydroxylation is 1. The minimum atomic E-state index is 0.587. The summed E-state index contributed by atoms with van der Waals surface area (Å²) in [4.78, 5) is 14.2. The van der Waals surface area contributed by atoms with Gasteiger partial charge in [-0.1, -0.05) is 13.3 Å². The van der Waals surface area contributed by atoms with Gasteiger partial charge in [-0.3, -0.25) is 4.79 Å². The van der Waals surface area contributed by atoms with Gasteiger partial charge in [0.2, 0.25) is 0 Å². The van der Waals surface area contributed by atoms with Gasteiger partial charge in [-0.25, -0.2) is 4.98 Å². The predicted molar refractivity (Wildman–Crippen MR) is 41.5 cm³/mol. The van der Waals surface area contributed by atoms with Crippen LogP contribution in [0.3, 0.4) is 0 Å². The lowest BCUT2D eigenvalue weighted by Crippen LogP contribution is -1.83. The Balaban J connectivity index is 2.68. The molecule has 0 N–H and O–H groups in total. The van der Waals surface area contributed by atoms with Crippen molar-refractivity contribution in [1.29, 1.82) is 0 Å². The Bertz CT molecular complexity index is 219. The van der Waals surface area contributed by atoms with Crippen LogP contribution in [0.1, 0.15) is 28.8 Å². The van der Waals surface area contributed by atoms with Gasteiger partial charge < -0.3 is 0 Å². The van der Waals surface area contributed by atoms with Crippen LogP contribution in [0.5, 0.6) is 0 Å². The molecule has 3 heteroatoms. The molecule has 1 heterocycles. The second kappa shape index (κ2) is 3.46. The molecule has 0 fully saturated rings. The summed E-state index contributed by atoms with van der Waals surface area (Å²) in [5, 5.41) is 2.52. The Morgan fingerprint density at radius 1 is 1.80 bits per heavy atom. The van der Waals surface area contributed by atoms with Gasteiger partial charge >= 0.3 is 0 Å². The summed E-state index contributed by atoms with van der Waals surface area (Å²) in [5.41, 5.74) is 1.04. The molecule has 0 atom stereocenters. The summed E-state index contributed by atoms with van der Waals surface area (Å²) in [7, 11) is 0. The van der Waals surface area contributed by atoms with Crippen LogP contribution in [0.2, 0.25) is 0 Å². The monoisotopic (exact) mass is 155 g/mol. The van der Waals surface area contributed by atoms with Crippen LogP contribution >= 0.6 is 11.3 Å². The average molecular weight is 155 g/mol. The highest BCUT2D eigenvalue weighted by Crippen LogP contribution is 2.08. The third-order valence-electron chi connectivity index (χ3n) is 1.18. The second-order valence-corrected chi connectivity index (χ2v) is 2.93. The van der Waals surface area contributed by atoms with E-state index in [-0.39, 0.29) is 0 Å². The molecule has 1 rings (SSSR count). The van der Waals surface area contributed by atoms with Crippen molar-refractivity contribution in [2.24, 2.45) is 0 Å². The number of aromatic nitrogens is 1. The summed E-state index contributed by atoms with van der Waals surface area (Å²) in [5.74, 6) is 0. The number of hydrogen-bond donors (Lipinski definition) is 0. The molecule has 0 saturated carbocycles. The number of aldehydes is 1. The van der Waals surface area contributed by atoms with E-state index < -0.39 is 0 Å².